The number of pyridine rings is 1. The number of benzene rings is 2. The Morgan fingerprint density at radius 1 is 1.00 bits per heavy atom. The largest absolute Gasteiger partial charge is 0.277 e. The predicted molar refractivity (Wildman–Crippen MR) is 119 cm³/mol. The first kappa shape index (κ1) is 19.0. The van der Waals surface area contributed by atoms with E-state index in [4.69, 9.17) is 28.3 Å². The number of hydrogen-bond donors (Lipinski definition) is 1. The van der Waals surface area contributed by atoms with Crippen molar-refractivity contribution in [3.8, 4) is 0 Å². The van der Waals surface area contributed by atoms with Gasteiger partial charge in [0.1, 0.15) is 5.71 Å². The number of nitrogens with zero attached hydrogens (tertiary/aromatic N) is 3. The number of thioether (sulfide) groups is 1. The average Bonchev–Trinajstić information content (AvgIpc) is 3.20. The molecule has 1 aliphatic heterocycles. The van der Waals surface area contributed by atoms with Crippen LogP contribution in [0.4, 0.5) is 0 Å². The third-order valence-corrected chi connectivity index (χ3v) is 5.76. The van der Waals surface area contributed by atoms with E-state index in [1.54, 1.807) is 18.0 Å². The molecule has 28 heavy (non-hydrogen) atoms. The Morgan fingerprint density at radius 2 is 1.79 bits per heavy atom. The highest BCUT2D eigenvalue weighted by Crippen LogP contribution is 2.36. The van der Waals surface area contributed by atoms with Crippen molar-refractivity contribution in [2.75, 3.05) is 5.75 Å². The van der Waals surface area contributed by atoms with Crippen LogP contribution in [0.2, 0.25) is 10.0 Å². The fourth-order valence-electron chi connectivity index (χ4n) is 2.92. The van der Waals surface area contributed by atoms with Crippen molar-refractivity contribution in [2.45, 2.75) is 5.66 Å². The first-order chi connectivity index (χ1) is 13.7. The van der Waals surface area contributed by atoms with Gasteiger partial charge in [0, 0.05) is 33.1 Å². The van der Waals surface area contributed by atoms with Crippen molar-refractivity contribution in [3.63, 3.8) is 0 Å². The van der Waals surface area contributed by atoms with Crippen LogP contribution in [0.5, 0.6) is 0 Å². The maximum absolute atomic E-state index is 6.46. The van der Waals surface area contributed by atoms with Crippen LogP contribution in [-0.4, -0.2) is 22.0 Å². The standard InChI is InChI=1S/C21H16Cl2N4S/c22-16-10-8-15(9-11-16)20(19-7-3-4-12-24-19)26-27-21(13-28-14-25-21)17-5-1-2-6-18(17)23/h1-12,14,27H,13H2. The van der Waals surface area contributed by atoms with Gasteiger partial charge in [0.2, 0.25) is 0 Å². The van der Waals surface area contributed by atoms with Gasteiger partial charge in [-0.1, -0.05) is 59.6 Å². The fraction of sp³-hybridized carbons (Fsp3) is 0.0952. The van der Waals surface area contributed by atoms with Gasteiger partial charge in [-0.15, -0.1) is 11.8 Å². The zero-order valence-corrected chi connectivity index (χ0v) is 17.0. The molecule has 0 aliphatic carbocycles. The van der Waals surface area contributed by atoms with Gasteiger partial charge in [-0.2, -0.15) is 5.10 Å². The van der Waals surface area contributed by atoms with Crippen molar-refractivity contribution >= 4 is 46.2 Å². The summed E-state index contributed by atoms with van der Waals surface area (Å²) >= 11 is 14.1. The van der Waals surface area contributed by atoms with E-state index in [0.29, 0.717) is 21.5 Å². The summed E-state index contributed by atoms with van der Waals surface area (Å²) in [6.07, 6.45) is 1.74. The van der Waals surface area contributed by atoms with Crippen molar-refractivity contribution < 1.29 is 0 Å². The number of hydrogen-bond acceptors (Lipinski definition) is 5. The Morgan fingerprint density at radius 3 is 2.46 bits per heavy atom. The molecule has 4 rings (SSSR count). The van der Waals surface area contributed by atoms with Crippen LogP contribution in [0.15, 0.2) is 83.0 Å². The second-order valence-electron chi connectivity index (χ2n) is 6.18. The minimum atomic E-state index is -0.727. The number of halogens is 2. The molecule has 4 nitrogen and oxygen atoms in total. The Labute approximate surface area is 177 Å². The first-order valence-electron chi connectivity index (χ1n) is 8.60. The molecule has 1 aromatic heterocycles. The highest BCUT2D eigenvalue weighted by molar-refractivity contribution is 8.12. The summed E-state index contributed by atoms with van der Waals surface area (Å²) in [6, 6.07) is 20.9. The molecule has 0 amide bonds. The summed E-state index contributed by atoms with van der Waals surface area (Å²) in [6.45, 7) is 0. The molecule has 0 fully saturated rings. The van der Waals surface area contributed by atoms with Gasteiger partial charge >= 0.3 is 0 Å². The fourth-order valence-corrected chi connectivity index (χ4v) is 4.20. The molecule has 0 bridgehead atoms. The molecule has 1 N–H and O–H groups in total. The maximum atomic E-state index is 6.46. The summed E-state index contributed by atoms with van der Waals surface area (Å²) in [4.78, 5) is 9.13. The van der Waals surface area contributed by atoms with Crippen molar-refractivity contribution in [1.29, 1.82) is 0 Å². The van der Waals surface area contributed by atoms with E-state index < -0.39 is 5.66 Å². The molecule has 2 aromatic carbocycles. The lowest BCUT2D eigenvalue weighted by molar-refractivity contribution is 0.412. The average molecular weight is 427 g/mol. The Kier molecular flexibility index (Phi) is 5.67. The Balaban J connectivity index is 1.77. The molecule has 7 heteroatoms. The molecular formula is C21H16Cl2N4S. The second kappa shape index (κ2) is 8.35. The molecular weight excluding hydrogens is 411 g/mol. The molecule has 1 aliphatic rings. The minimum absolute atomic E-state index is 0.649. The number of hydrazone groups is 1. The van der Waals surface area contributed by atoms with Gasteiger partial charge in [-0.25, -0.2) is 0 Å². The second-order valence-corrected chi connectivity index (χ2v) is 7.86. The lowest BCUT2D eigenvalue weighted by atomic mass is 10.0. The van der Waals surface area contributed by atoms with Crippen LogP contribution in [0, 0.1) is 0 Å². The monoisotopic (exact) mass is 426 g/mol. The van der Waals surface area contributed by atoms with Crippen molar-refractivity contribution in [1.82, 2.24) is 10.4 Å². The van der Waals surface area contributed by atoms with Gasteiger partial charge in [-0.05, 0) is 30.3 Å². The molecule has 1 unspecified atom stereocenters. The zero-order valence-electron chi connectivity index (χ0n) is 14.7. The lowest BCUT2D eigenvalue weighted by Crippen LogP contribution is -2.39. The van der Waals surface area contributed by atoms with Gasteiger partial charge in [0.25, 0.3) is 0 Å². The molecule has 1 atom stereocenters. The topological polar surface area (TPSA) is 49.6 Å². The zero-order chi connectivity index (χ0) is 19.4. The van der Waals surface area contributed by atoms with Crippen molar-refractivity contribution in [2.24, 2.45) is 10.1 Å². The Bertz CT molecular complexity index is 1020. The summed E-state index contributed by atoms with van der Waals surface area (Å²) in [5.74, 6) is 0.691. The minimum Gasteiger partial charge on any atom is -0.277 e. The van der Waals surface area contributed by atoms with Crippen LogP contribution < -0.4 is 5.43 Å². The van der Waals surface area contributed by atoms with E-state index in [2.05, 4.69) is 15.4 Å². The normalized spacial score (nSPS) is 19.0. The van der Waals surface area contributed by atoms with Crippen LogP contribution in [0.25, 0.3) is 0 Å². The van der Waals surface area contributed by atoms with E-state index in [-0.39, 0.29) is 0 Å². The first-order valence-corrected chi connectivity index (χ1v) is 10.4. The SMILES string of the molecule is Clc1ccc(C(=NNC2(c3ccccc3Cl)CSC=N2)c2ccccn2)cc1. The lowest BCUT2D eigenvalue weighted by Gasteiger charge is -2.27. The highest BCUT2D eigenvalue weighted by atomic mass is 35.5. The van der Waals surface area contributed by atoms with E-state index in [1.807, 2.05) is 72.3 Å². The van der Waals surface area contributed by atoms with Crippen LogP contribution >= 0.6 is 35.0 Å². The van der Waals surface area contributed by atoms with Crippen molar-refractivity contribution in [3.05, 3.63) is 99.8 Å². The van der Waals surface area contributed by atoms with Crippen LogP contribution in [0.1, 0.15) is 16.8 Å². The van der Waals surface area contributed by atoms with Gasteiger partial charge in [-0.3, -0.25) is 15.4 Å². The summed E-state index contributed by atoms with van der Waals surface area (Å²) in [5, 5.41) is 6.06. The molecule has 140 valence electrons. The van der Waals surface area contributed by atoms with E-state index in [1.165, 1.54) is 0 Å². The van der Waals surface area contributed by atoms with E-state index in [9.17, 15) is 0 Å². The molecule has 0 spiro atoms. The highest BCUT2D eigenvalue weighted by Gasteiger charge is 2.36. The number of rotatable bonds is 5. The summed E-state index contributed by atoms with van der Waals surface area (Å²) in [5.41, 5.74) is 7.62. The predicted octanol–water partition coefficient (Wildman–Crippen LogP) is 5.36. The molecule has 2 heterocycles. The third-order valence-electron chi connectivity index (χ3n) is 4.34. The van der Waals surface area contributed by atoms with Crippen LogP contribution in [0.3, 0.4) is 0 Å². The summed E-state index contributed by atoms with van der Waals surface area (Å²) in [7, 11) is 0. The Hall–Kier alpha value is -2.34. The van der Waals surface area contributed by atoms with Crippen LogP contribution in [-0.2, 0) is 5.66 Å². The molecule has 0 radical (unpaired) electrons. The molecule has 0 saturated heterocycles. The quantitative estimate of drug-likeness (QED) is 0.441. The smallest absolute Gasteiger partial charge is 0.181 e. The summed E-state index contributed by atoms with van der Waals surface area (Å²) < 4.78 is 0. The number of nitrogens with one attached hydrogen (secondary N) is 1. The number of aliphatic imine (C=N–C) groups is 1. The third kappa shape index (κ3) is 3.92. The van der Waals surface area contributed by atoms with Gasteiger partial charge in [0.15, 0.2) is 5.66 Å². The van der Waals surface area contributed by atoms with Gasteiger partial charge in [0.05, 0.1) is 11.2 Å². The van der Waals surface area contributed by atoms with E-state index in [0.717, 1.165) is 16.8 Å². The maximum Gasteiger partial charge on any atom is 0.181 e. The molecule has 3 aromatic rings. The number of aromatic nitrogens is 1. The van der Waals surface area contributed by atoms with E-state index >= 15 is 0 Å². The van der Waals surface area contributed by atoms with Gasteiger partial charge < -0.3 is 0 Å². The molecule has 0 saturated carbocycles.